The third-order valence-corrected chi connectivity index (χ3v) is 3.74. The largest absolute Gasteiger partial charge is 0.352 e. The summed E-state index contributed by atoms with van der Waals surface area (Å²) in [5.74, 6) is -0.429. The smallest absolute Gasteiger partial charge is 0.255 e. The summed E-state index contributed by atoms with van der Waals surface area (Å²) >= 11 is 5.84. The van der Waals surface area contributed by atoms with Gasteiger partial charge in [0.05, 0.1) is 10.6 Å². The van der Waals surface area contributed by atoms with Crippen molar-refractivity contribution in [1.29, 1.82) is 0 Å². The maximum Gasteiger partial charge on any atom is 0.255 e. The number of carbonyl (C=O) groups excluding carboxylic acids is 1. The second-order valence-corrected chi connectivity index (χ2v) is 5.26. The molecule has 0 radical (unpaired) electrons. The Balaban J connectivity index is 0.00000200. The van der Waals surface area contributed by atoms with E-state index in [1.54, 1.807) is 0 Å². The maximum atomic E-state index is 13.5. The van der Waals surface area contributed by atoms with Crippen molar-refractivity contribution in [2.75, 3.05) is 19.6 Å². The summed E-state index contributed by atoms with van der Waals surface area (Å²) in [6.07, 6.45) is 3.27. The number of carbonyl (C=O) groups is 1. The number of hydrogen-bond donors (Lipinski definition) is 2. The first kappa shape index (κ1) is 17.2. The van der Waals surface area contributed by atoms with Crippen LogP contribution in [0.3, 0.4) is 0 Å². The van der Waals surface area contributed by atoms with Gasteiger partial charge in [-0.05, 0) is 50.4 Å². The van der Waals surface area contributed by atoms with Crippen molar-refractivity contribution in [2.45, 2.75) is 19.3 Å². The molecule has 6 heteroatoms. The van der Waals surface area contributed by atoms with Crippen LogP contribution in [-0.2, 0) is 0 Å². The molecule has 1 unspecified atom stereocenters. The zero-order valence-electron chi connectivity index (χ0n) is 11.1. The van der Waals surface area contributed by atoms with Crippen LogP contribution < -0.4 is 10.6 Å². The minimum atomic E-state index is -0.579. The van der Waals surface area contributed by atoms with Gasteiger partial charge in [0.2, 0.25) is 0 Å². The summed E-state index contributed by atoms with van der Waals surface area (Å²) < 4.78 is 13.5. The van der Waals surface area contributed by atoms with E-state index in [2.05, 4.69) is 10.6 Å². The number of halogens is 3. The minimum Gasteiger partial charge on any atom is -0.352 e. The first-order valence-corrected chi connectivity index (χ1v) is 6.99. The molecular weight excluding hydrogens is 302 g/mol. The molecule has 20 heavy (non-hydrogen) atoms. The topological polar surface area (TPSA) is 41.1 Å². The number of amides is 1. The second-order valence-electron chi connectivity index (χ2n) is 4.85. The number of nitrogens with one attached hydrogen (secondary N) is 2. The van der Waals surface area contributed by atoms with E-state index < -0.39 is 11.7 Å². The third-order valence-electron chi connectivity index (χ3n) is 3.43. The first-order valence-electron chi connectivity index (χ1n) is 6.61. The summed E-state index contributed by atoms with van der Waals surface area (Å²) in [5.41, 5.74) is -0.0639. The summed E-state index contributed by atoms with van der Waals surface area (Å²) in [6, 6.07) is 4.25. The highest BCUT2D eigenvalue weighted by Crippen LogP contribution is 2.19. The highest BCUT2D eigenvalue weighted by Gasteiger charge is 2.17. The van der Waals surface area contributed by atoms with Gasteiger partial charge in [0, 0.05) is 6.54 Å². The lowest BCUT2D eigenvalue weighted by Crippen LogP contribution is -2.33. The van der Waals surface area contributed by atoms with E-state index in [1.807, 2.05) is 0 Å². The third kappa shape index (κ3) is 4.62. The molecular formula is C14H19Cl2FN2O. The Labute approximate surface area is 129 Å². The van der Waals surface area contributed by atoms with E-state index in [0.717, 1.165) is 19.5 Å². The quantitative estimate of drug-likeness (QED) is 0.895. The zero-order chi connectivity index (χ0) is 13.7. The van der Waals surface area contributed by atoms with Gasteiger partial charge in [0.1, 0.15) is 5.82 Å². The van der Waals surface area contributed by atoms with E-state index in [9.17, 15) is 9.18 Å². The standard InChI is InChI=1S/C14H18ClFN2O.ClH/c15-11-4-1-5-12(16)13(11)14(19)18-8-6-10-3-2-7-17-9-10;/h1,4-5,10,17H,2-3,6-9H2,(H,18,19);1H. The monoisotopic (exact) mass is 320 g/mol. The van der Waals surface area contributed by atoms with Crippen molar-refractivity contribution in [3.05, 3.63) is 34.6 Å². The average Bonchev–Trinajstić information content (AvgIpc) is 2.40. The van der Waals surface area contributed by atoms with Crippen LogP contribution in [0.1, 0.15) is 29.6 Å². The van der Waals surface area contributed by atoms with Gasteiger partial charge in [-0.1, -0.05) is 17.7 Å². The molecule has 2 rings (SSSR count). The van der Waals surface area contributed by atoms with Crippen LogP contribution in [0.4, 0.5) is 4.39 Å². The van der Waals surface area contributed by atoms with Crippen LogP contribution in [0, 0.1) is 11.7 Å². The molecule has 1 amide bonds. The SMILES string of the molecule is Cl.O=C(NCCC1CCCNC1)c1c(F)cccc1Cl. The van der Waals surface area contributed by atoms with Gasteiger partial charge in [0.15, 0.2) is 0 Å². The molecule has 1 heterocycles. The van der Waals surface area contributed by atoms with E-state index in [-0.39, 0.29) is 23.0 Å². The van der Waals surface area contributed by atoms with Gasteiger partial charge in [-0.15, -0.1) is 12.4 Å². The molecule has 1 saturated heterocycles. The van der Waals surface area contributed by atoms with Crippen molar-refractivity contribution < 1.29 is 9.18 Å². The molecule has 0 spiro atoms. The molecule has 0 saturated carbocycles. The van der Waals surface area contributed by atoms with Gasteiger partial charge in [-0.25, -0.2) is 4.39 Å². The summed E-state index contributed by atoms with van der Waals surface area (Å²) in [6.45, 7) is 2.62. The number of piperidine rings is 1. The van der Waals surface area contributed by atoms with Crippen molar-refractivity contribution in [1.82, 2.24) is 10.6 Å². The molecule has 112 valence electrons. The van der Waals surface area contributed by atoms with Gasteiger partial charge >= 0.3 is 0 Å². The zero-order valence-corrected chi connectivity index (χ0v) is 12.7. The molecule has 1 aliphatic heterocycles. The molecule has 1 aromatic rings. The maximum absolute atomic E-state index is 13.5. The number of benzene rings is 1. The van der Waals surface area contributed by atoms with Crippen molar-refractivity contribution in [3.8, 4) is 0 Å². The van der Waals surface area contributed by atoms with E-state index in [1.165, 1.54) is 31.0 Å². The lowest BCUT2D eigenvalue weighted by molar-refractivity contribution is 0.0947. The van der Waals surface area contributed by atoms with Gasteiger partial charge in [0.25, 0.3) is 5.91 Å². The fraction of sp³-hybridized carbons (Fsp3) is 0.500. The Morgan fingerprint density at radius 2 is 2.30 bits per heavy atom. The van der Waals surface area contributed by atoms with E-state index in [4.69, 9.17) is 11.6 Å². The predicted octanol–water partition coefficient (Wildman–Crippen LogP) is 3.02. The molecule has 2 N–H and O–H groups in total. The molecule has 0 aromatic heterocycles. The highest BCUT2D eigenvalue weighted by atomic mass is 35.5. The lowest BCUT2D eigenvalue weighted by Gasteiger charge is -2.22. The molecule has 0 aliphatic carbocycles. The summed E-state index contributed by atoms with van der Waals surface area (Å²) in [4.78, 5) is 11.9. The lowest BCUT2D eigenvalue weighted by atomic mass is 9.96. The first-order chi connectivity index (χ1) is 9.18. The molecule has 0 bridgehead atoms. The van der Waals surface area contributed by atoms with Gasteiger partial charge in [-0.3, -0.25) is 4.79 Å². The van der Waals surface area contributed by atoms with Gasteiger partial charge in [-0.2, -0.15) is 0 Å². The minimum absolute atomic E-state index is 0. The molecule has 1 atom stereocenters. The molecule has 3 nitrogen and oxygen atoms in total. The Morgan fingerprint density at radius 1 is 1.50 bits per heavy atom. The van der Waals surface area contributed by atoms with E-state index >= 15 is 0 Å². The Hall–Kier alpha value is -0.840. The molecule has 1 aromatic carbocycles. The Kier molecular flexibility index (Phi) is 7.27. The molecule has 1 aliphatic rings. The van der Waals surface area contributed by atoms with Gasteiger partial charge < -0.3 is 10.6 Å². The fourth-order valence-electron chi connectivity index (χ4n) is 2.36. The van der Waals surface area contributed by atoms with Crippen molar-refractivity contribution >= 4 is 29.9 Å². The Morgan fingerprint density at radius 3 is 2.95 bits per heavy atom. The Bertz CT molecular complexity index is 431. The molecule has 1 fully saturated rings. The van der Waals surface area contributed by atoms with Crippen LogP contribution in [0.15, 0.2) is 18.2 Å². The average molecular weight is 321 g/mol. The van der Waals surface area contributed by atoms with Crippen LogP contribution >= 0.6 is 24.0 Å². The van der Waals surface area contributed by atoms with Crippen LogP contribution in [-0.4, -0.2) is 25.5 Å². The van der Waals surface area contributed by atoms with Crippen LogP contribution in [0.25, 0.3) is 0 Å². The number of rotatable bonds is 4. The normalized spacial score (nSPS) is 18.2. The predicted molar refractivity (Wildman–Crippen MR) is 81.2 cm³/mol. The van der Waals surface area contributed by atoms with Crippen LogP contribution in [0.5, 0.6) is 0 Å². The number of hydrogen-bond acceptors (Lipinski definition) is 2. The summed E-state index contributed by atoms with van der Waals surface area (Å²) in [7, 11) is 0. The summed E-state index contributed by atoms with van der Waals surface area (Å²) in [5, 5.41) is 6.22. The van der Waals surface area contributed by atoms with Crippen molar-refractivity contribution in [3.63, 3.8) is 0 Å². The fourth-order valence-corrected chi connectivity index (χ4v) is 2.61. The van der Waals surface area contributed by atoms with E-state index in [0.29, 0.717) is 12.5 Å². The second kappa shape index (κ2) is 8.45. The van der Waals surface area contributed by atoms with Crippen molar-refractivity contribution in [2.24, 2.45) is 5.92 Å². The highest BCUT2D eigenvalue weighted by molar-refractivity contribution is 6.33. The van der Waals surface area contributed by atoms with Crippen LogP contribution in [0.2, 0.25) is 5.02 Å².